The lowest BCUT2D eigenvalue weighted by Gasteiger charge is -2.26. The zero-order valence-corrected chi connectivity index (χ0v) is 16.1. The van der Waals surface area contributed by atoms with Crippen molar-refractivity contribution in [2.24, 2.45) is 0 Å². The number of halogens is 1. The maximum Gasteiger partial charge on any atom is 0.295 e. The Labute approximate surface area is 163 Å². The Bertz CT molecular complexity index is 935. The Hall–Kier alpha value is -2.99. The summed E-state index contributed by atoms with van der Waals surface area (Å²) in [6.45, 7) is 2.65. The van der Waals surface area contributed by atoms with Crippen LogP contribution in [-0.4, -0.2) is 53.8 Å². The lowest BCUT2D eigenvalue weighted by atomic mass is 9.94. The van der Waals surface area contributed by atoms with E-state index >= 15 is 0 Å². The zero-order valence-electron chi connectivity index (χ0n) is 16.1. The van der Waals surface area contributed by atoms with Crippen LogP contribution in [0.1, 0.15) is 22.7 Å². The van der Waals surface area contributed by atoms with Gasteiger partial charge in [-0.25, -0.2) is 4.39 Å². The van der Waals surface area contributed by atoms with Crippen LogP contribution in [0.5, 0.6) is 0 Å². The molecule has 2 aromatic carbocycles. The molecule has 0 aromatic heterocycles. The molecule has 0 spiro atoms. The highest BCUT2D eigenvalue weighted by atomic mass is 19.1. The number of ketones is 1. The summed E-state index contributed by atoms with van der Waals surface area (Å²) >= 11 is 0. The molecule has 1 atom stereocenters. The van der Waals surface area contributed by atoms with E-state index in [1.54, 1.807) is 36.4 Å². The van der Waals surface area contributed by atoms with E-state index in [1.165, 1.54) is 17.0 Å². The Morgan fingerprint density at radius 1 is 1.11 bits per heavy atom. The van der Waals surface area contributed by atoms with E-state index in [9.17, 15) is 19.1 Å². The van der Waals surface area contributed by atoms with Gasteiger partial charge in [-0.1, -0.05) is 48.0 Å². The van der Waals surface area contributed by atoms with E-state index in [0.717, 1.165) is 5.56 Å². The number of aliphatic hydroxyl groups excluding tert-OH is 1. The fourth-order valence-electron chi connectivity index (χ4n) is 3.31. The van der Waals surface area contributed by atoms with Gasteiger partial charge in [0.15, 0.2) is 0 Å². The van der Waals surface area contributed by atoms with Crippen LogP contribution in [0.25, 0.3) is 5.76 Å². The van der Waals surface area contributed by atoms with Gasteiger partial charge in [-0.3, -0.25) is 9.59 Å². The van der Waals surface area contributed by atoms with E-state index in [-0.39, 0.29) is 23.4 Å². The van der Waals surface area contributed by atoms with Crippen molar-refractivity contribution in [1.82, 2.24) is 9.80 Å². The maximum absolute atomic E-state index is 14.6. The number of nitrogens with zero attached hydrogens (tertiary/aromatic N) is 2. The van der Waals surface area contributed by atoms with Crippen molar-refractivity contribution in [2.45, 2.75) is 13.0 Å². The van der Waals surface area contributed by atoms with Crippen molar-refractivity contribution in [3.05, 3.63) is 76.6 Å². The SMILES string of the molecule is Cc1ccc(/C(O)=C2\C(=O)C(=O)N(CCN(C)C)[C@H]2c2ccccc2F)cc1. The van der Waals surface area contributed by atoms with Gasteiger partial charge < -0.3 is 14.9 Å². The number of benzene rings is 2. The van der Waals surface area contributed by atoms with Gasteiger partial charge in [0.2, 0.25) is 0 Å². The molecule has 2 aromatic rings. The normalized spacial score (nSPS) is 18.9. The first-order valence-corrected chi connectivity index (χ1v) is 9.06. The Kier molecular flexibility index (Phi) is 5.61. The quantitative estimate of drug-likeness (QED) is 0.490. The summed E-state index contributed by atoms with van der Waals surface area (Å²) in [4.78, 5) is 28.7. The molecule has 1 aliphatic rings. The predicted octanol–water partition coefficient (Wildman–Crippen LogP) is 3.12. The van der Waals surface area contributed by atoms with Crippen molar-refractivity contribution in [3.63, 3.8) is 0 Å². The first-order chi connectivity index (χ1) is 13.3. The van der Waals surface area contributed by atoms with Crippen LogP contribution in [0.2, 0.25) is 0 Å². The van der Waals surface area contributed by atoms with Crippen molar-refractivity contribution in [3.8, 4) is 0 Å². The van der Waals surface area contributed by atoms with E-state index in [1.807, 2.05) is 25.9 Å². The second-order valence-electron chi connectivity index (χ2n) is 7.18. The second-order valence-corrected chi connectivity index (χ2v) is 7.18. The summed E-state index contributed by atoms with van der Waals surface area (Å²) in [6, 6.07) is 12.0. The second kappa shape index (κ2) is 7.94. The number of hydrogen-bond donors (Lipinski definition) is 1. The first-order valence-electron chi connectivity index (χ1n) is 9.06. The van der Waals surface area contributed by atoms with Crippen molar-refractivity contribution < 1.29 is 19.1 Å². The molecule has 0 aliphatic carbocycles. The molecular weight excluding hydrogens is 359 g/mol. The molecular formula is C22H23FN2O3. The number of hydrogen-bond acceptors (Lipinski definition) is 4. The molecule has 0 radical (unpaired) electrons. The Morgan fingerprint density at radius 2 is 1.75 bits per heavy atom. The average molecular weight is 382 g/mol. The number of likely N-dealkylation sites (N-methyl/N-ethyl adjacent to an activating group) is 1. The fourth-order valence-corrected chi connectivity index (χ4v) is 3.31. The molecule has 28 heavy (non-hydrogen) atoms. The minimum Gasteiger partial charge on any atom is -0.507 e. The summed E-state index contributed by atoms with van der Waals surface area (Å²) in [6.07, 6.45) is 0. The number of aryl methyl sites for hydroxylation is 1. The van der Waals surface area contributed by atoms with Crippen molar-refractivity contribution in [1.29, 1.82) is 0 Å². The van der Waals surface area contributed by atoms with Gasteiger partial charge in [0, 0.05) is 24.2 Å². The predicted molar refractivity (Wildman–Crippen MR) is 105 cm³/mol. The molecule has 1 saturated heterocycles. The van der Waals surface area contributed by atoms with Crippen LogP contribution in [0.15, 0.2) is 54.1 Å². The van der Waals surface area contributed by atoms with E-state index in [2.05, 4.69) is 0 Å². The zero-order chi connectivity index (χ0) is 20.4. The molecule has 146 valence electrons. The molecule has 1 amide bonds. The van der Waals surface area contributed by atoms with Gasteiger partial charge >= 0.3 is 0 Å². The first kappa shape index (κ1) is 19.8. The Balaban J connectivity index is 2.16. The van der Waals surface area contributed by atoms with Crippen molar-refractivity contribution in [2.75, 3.05) is 27.2 Å². The number of rotatable bonds is 5. The standard InChI is InChI=1S/C22H23FN2O3/c1-14-8-10-15(11-9-14)20(26)18-19(16-6-4-5-7-17(16)23)25(13-12-24(2)3)22(28)21(18)27/h4-11,19,26H,12-13H2,1-3H3/b20-18+/t19-/m0/s1. The highest BCUT2D eigenvalue weighted by Gasteiger charge is 2.46. The summed E-state index contributed by atoms with van der Waals surface area (Å²) in [5.74, 6) is -2.35. The van der Waals surface area contributed by atoms with Gasteiger partial charge in [-0.15, -0.1) is 0 Å². The minimum absolute atomic E-state index is 0.0855. The van der Waals surface area contributed by atoms with E-state index in [0.29, 0.717) is 12.1 Å². The van der Waals surface area contributed by atoms with Gasteiger partial charge in [0.05, 0.1) is 11.6 Å². The molecule has 1 aliphatic heterocycles. The fraction of sp³-hybridized carbons (Fsp3) is 0.273. The number of carbonyl (C=O) groups excluding carboxylic acids is 2. The molecule has 1 heterocycles. The maximum atomic E-state index is 14.6. The summed E-state index contributed by atoms with van der Waals surface area (Å²) in [5.41, 5.74) is 1.51. The molecule has 6 heteroatoms. The van der Waals surface area contributed by atoms with Gasteiger partial charge in [-0.2, -0.15) is 0 Å². The molecule has 0 unspecified atom stereocenters. The molecule has 0 saturated carbocycles. The van der Waals surface area contributed by atoms with Crippen LogP contribution in [0.3, 0.4) is 0 Å². The minimum atomic E-state index is -0.970. The lowest BCUT2D eigenvalue weighted by Crippen LogP contribution is -2.35. The van der Waals surface area contributed by atoms with E-state index < -0.39 is 23.5 Å². The molecule has 1 fully saturated rings. The summed E-state index contributed by atoms with van der Waals surface area (Å²) in [5, 5.41) is 10.9. The van der Waals surface area contributed by atoms with Gasteiger partial charge in [0.1, 0.15) is 11.6 Å². The lowest BCUT2D eigenvalue weighted by molar-refractivity contribution is -0.140. The molecule has 0 bridgehead atoms. The highest BCUT2D eigenvalue weighted by Crippen LogP contribution is 2.40. The number of aliphatic hydroxyl groups is 1. The third-order valence-corrected chi connectivity index (χ3v) is 4.85. The number of amides is 1. The van der Waals surface area contributed by atoms with Crippen LogP contribution in [0.4, 0.5) is 4.39 Å². The highest BCUT2D eigenvalue weighted by molar-refractivity contribution is 6.46. The number of Topliss-reactive ketones (excluding diaryl/α,β-unsaturated/α-hetero) is 1. The molecule has 3 rings (SSSR count). The Morgan fingerprint density at radius 3 is 2.36 bits per heavy atom. The monoisotopic (exact) mass is 382 g/mol. The van der Waals surface area contributed by atoms with Gasteiger partial charge in [0.25, 0.3) is 11.7 Å². The topological polar surface area (TPSA) is 60.9 Å². The number of carbonyl (C=O) groups is 2. The third kappa shape index (κ3) is 3.68. The van der Waals surface area contributed by atoms with Gasteiger partial charge in [-0.05, 0) is 27.1 Å². The third-order valence-electron chi connectivity index (χ3n) is 4.85. The van der Waals surface area contributed by atoms with Crippen LogP contribution in [0, 0.1) is 12.7 Å². The number of likely N-dealkylation sites (tertiary alicyclic amines) is 1. The van der Waals surface area contributed by atoms with Crippen LogP contribution in [-0.2, 0) is 9.59 Å². The van der Waals surface area contributed by atoms with Crippen molar-refractivity contribution >= 4 is 17.4 Å². The smallest absolute Gasteiger partial charge is 0.295 e. The largest absolute Gasteiger partial charge is 0.507 e. The molecule has 1 N–H and O–H groups in total. The van der Waals surface area contributed by atoms with E-state index in [4.69, 9.17) is 0 Å². The summed E-state index contributed by atoms with van der Waals surface area (Å²) in [7, 11) is 3.70. The summed E-state index contributed by atoms with van der Waals surface area (Å²) < 4.78 is 14.6. The molecule has 5 nitrogen and oxygen atoms in total. The van der Waals surface area contributed by atoms with Crippen LogP contribution < -0.4 is 0 Å². The average Bonchev–Trinajstić information content (AvgIpc) is 2.91. The van der Waals surface area contributed by atoms with Crippen LogP contribution >= 0.6 is 0 Å².